The molecule has 2 aromatic rings. The van der Waals surface area contributed by atoms with Crippen molar-refractivity contribution in [2.75, 3.05) is 13.1 Å². The van der Waals surface area contributed by atoms with Crippen molar-refractivity contribution in [1.82, 2.24) is 10.6 Å². The number of hydrogen-bond donors (Lipinski definition) is 3. The molecule has 1 aliphatic carbocycles. The van der Waals surface area contributed by atoms with Crippen LogP contribution in [0.3, 0.4) is 0 Å². The normalized spacial score (nSPS) is 15.0. The second-order valence-electron chi connectivity index (χ2n) is 6.31. The van der Waals surface area contributed by atoms with Gasteiger partial charge < -0.3 is 15.7 Å². The molecule has 0 atom stereocenters. The molecule has 0 radical (unpaired) electrons. The van der Waals surface area contributed by atoms with Crippen LogP contribution in [-0.2, 0) is 6.54 Å². The van der Waals surface area contributed by atoms with Crippen molar-refractivity contribution < 1.29 is 5.11 Å². The van der Waals surface area contributed by atoms with Crippen molar-refractivity contribution in [2.24, 2.45) is 4.99 Å². The largest absolute Gasteiger partial charge is 0.508 e. The van der Waals surface area contributed by atoms with Gasteiger partial charge in [-0.3, -0.25) is 0 Å². The molecule has 0 heterocycles. The van der Waals surface area contributed by atoms with Crippen LogP contribution in [0.1, 0.15) is 25.3 Å². The van der Waals surface area contributed by atoms with Crippen molar-refractivity contribution >= 4 is 41.7 Å². The Morgan fingerprint density at radius 2 is 1.77 bits per heavy atom. The smallest absolute Gasteiger partial charge is 0.191 e. The fourth-order valence-corrected chi connectivity index (χ4v) is 3.79. The molecule has 1 aliphatic rings. The number of rotatable bonds is 7. The minimum atomic E-state index is 0. The maximum absolute atomic E-state index is 9.36. The van der Waals surface area contributed by atoms with Crippen LogP contribution in [0.2, 0.25) is 0 Å². The van der Waals surface area contributed by atoms with Gasteiger partial charge in [0.1, 0.15) is 5.75 Å². The molecule has 1 fully saturated rings. The zero-order valence-electron chi connectivity index (χ0n) is 14.9. The van der Waals surface area contributed by atoms with Crippen LogP contribution >= 0.6 is 35.7 Å². The SMILES string of the molecule is CCNC(=NCc1ccc(O)cc1)NCC1(Sc2ccccc2)CC1.I. The van der Waals surface area contributed by atoms with Gasteiger partial charge in [-0.2, -0.15) is 0 Å². The molecule has 0 bridgehead atoms. The number of aliphatic imine (C=N–C) groups is 1. The summed E-state index contributed by atoms with van der Waals surface area (Å²) in [4.78, 5) is 5.98. The number of guanidine groups is 1. The first-order chi connectivity index (χ1) is 12.2. The average Bonchev–Trinajstić information content (AvgIpc) is 3.39. The molecule has 0 saturated heterocycles. The Morgan fingerprint density at radius 3 is 2.38 bits per heavy atom. The third kappa shape index (κ3) is 6.39. The predicted octanol–water partition coefficient (Wildman–Crippen LogP) is 4.39. The number of halogens is 1. The van der Waals surface area contributed by atoms with Crippen molar-refractivity contribution in [3.05, 3.63) is 60.2 Å². The van der Waals surface area contributed by atoms with Gasteiger partial charge in [-0.25, -0.2) is 4.99 Å². The van der Waals surface area contributed by atoms with Gasteiger partial charge >= 0.3 is 0 Å². The lowest BCUT2D eigenvalue weighted by atomic mass is 10.2. The Hall–Kier alpha value is -1.41. The van der Waals surface area contributed by atoms with Crippen molar-refractivity contribution in [3.8, 4) is 5.75 Å². The third-order valence-corrected chi connectivity index (χ3v) is 5.66. The highest BCUT2D eigenvalue weighted by Crippen LogP contribution is 2.51. The summed E-state index contributed by atoms with van der Waals surface area (Å²) >= 11 is 1.96. The van der Waals surface area contributed by atoms with Crippen molar-refractivity contribution in [3.63, 3.8) is 0 Å². The summed E-state index contributed by atoms with van der Waals surface area (Å²) in [5.41, 5.74) is 1.08. The van der Waals surface area contributed by atoms with E-state index < -0.39 is 0 Å². The number of thioether (sulfide) groups is 1. The first-order valence-corrected chi connectivity index (χ1v) is 9.55. The highest BCUT2D eigenvalue weighted by molar-refractivity contribution is 14.0. The maximum atomic E-state index is 9.36. The number of nitrogens with one attached hydrogen (secondary N) is 2. The summed E-state index contributed by atoms with van der Waals surface area (Å²) in [5, 5.41) is 16.2. The van der Waals surface area contributed by atoms with Gasteiger partial charge in [0.15, 0.2) is 5.96 Å². The number of phenolic OH excluding ortho intramolecular Hbond substituents is 1. The minimum absolute atomic E-state index is 0. The van der Waals surface area contributed by atoms with Crippen LogP contribution in [0.25, 0.3) is 0 Å². The molecule has 0 amide bonds. The molecule has 4 nitrogen and oxygen atoms in total. The Labute approximate surface area is 176 Å². The molecule has 6 heteroatoms. The molecular formula is C20H26IN3OS. The van der Waals surface area contributed by atoms with Gasteiger partial charge in [-0.05, 0) is 49.6 Å². The van der Waals surface area contributed by atoms with E-state index in [4.69, 9.17) is 0 Å². The van der Waals surface area contributed by atoms with Crippen molar-refractivity contribution in [2.45, 2.75) is 36.0 Å². The highest BCUT2D eigenvalue weighted by atomic mass is 127. The van der Waals surface area contributed by atoms with Gasteiger partial charge in [-0.1, -0.05) is 30.3 Å². The van der Waals surface area contributed by atoms with Crippen molar-refractivity contribution in [1.29, 1.82) is 0 Å². The van der Waals surface area contributed by atoms with E-state index in [0.717, 1.165) is 24.6 Å². The number of phenols is 1. The molecule has 0 unspecified atom stereocenters. The number of nitrogens with zero attached hydrogens (tertiary/aromatic N) is 1. The minimum Gasteiger partial charge on any atom is -0.508 e. The Bertz CT molecular complexity index is 703. The first kappa shape index (κ1) is 20.9. The molecule has 0 spiro atoms. The van der Waals surface area contributed by atoms with E-state index in [9.17, 15) is 5.11 Å². The summed E-state index contributed by atoms with van der Waals surface area (Å²) in [6.45, 7) is 4.41. The summed E-state index contributed by atoms with van der Waals surface area (Å²) in [7, 11) is 0. The molecule has 140 valence electrons. The lowest BCUT2D eigenvalue weighted by molar-refractivity contribution is 0.475. The van der Waals surface area contributed by atoms with E-state index in [0.29, 0.717) is 6.54 Å². The summed E-state index contributed by atoms with van der Waals surface area (Å²) in [5.74, 6) is 1.13. The first-order valence-electron chi connectivity index (χ1n) is 8.73. The molecule has 26 heavy (non-hydrogen) atoms. The van der Waals surface area contributed by atoms with Gasteiger partial charge in [0.25, 0.3) is 0 Å². The lowest BCUT2D eigenvalue weighted by Gasteiger charge is -2.18. The van der Waals surface area contributed by atoms with E-state index in [1.54, 1.807) is 12.1 Å². The number of aromatic hydroxyl groups is 1. The topological polar surface area (TPSA) is 56.7 Å². The fraction of sp³-hybridized carbons (Fsp3) is 0.350. The Morgan fingerprint density at radius 1 is 1.08 bits per heavy atom. The van der Waals surface area contributed by atoms with Crippen LogP contribution in [0.15, 0.2) is 64.5 Å². The summed E-state index contributed by atoms with van der Waals surface area (Å²) < 4.78 is 0.288. The van der Waals surface area contributed by atoms with E-state index in [-0.39, 0.29) is 34.5 Å². The van der Waals surface area contributed by atoms with E-state index in [2.05, 4.69) is 52.9 Å². The van der Waals surface area contributed by atoms with E-state index in [1.165, 1.54) is 17.7 Å². The Balaban J connectivity index is 0.00000243. The zero-order valence-corrected chi connectivity index (χ0v) is 18.1. The fourth-order valence-electron chi connectivity index (χ4n) is 2.55. The van der Waals surface area contributed by atoms with E-state index in [1.807, 2.05) is 23.9 Å². The van der Waals surface area contributed by atoms with Gasteiger partial charge in [0, 0.05) is 22.7 Å². The second-order valence-corrected chi connectivity index (χ2v) is 7.85. The standard InChI is InChI=1S/C20H25N3OS.HI/c1-2-21-19(22-14-16-8-10-17(24)11-9-16)23-15-20(12-13-20)25-18-6-4-3-5-7-18;/h3-11,24H,2,12-15H2,1H3,(H2,21,22,23);1H. The highest BCUT2D eigenvalue weighted by Gasteiger charge is 2.43. The zero-order chi connectivity index (χ0) is 17.5. The van der Waals surface area contributed by atoms with Crippen LogP contribution in [0, 0.1) is 0 Å². The quantitative estimate of drug-likeness (QED) is 0.311. The molecule has 3 rings (SSSR count). The van der Waals surface area contributed by atoms with Crippen LogP contribution in [-0.4, -0.2) is 28.9 Å². The molecule has 3 N–H and O–H groups in total. The van der Waals surface area contributed by atoms with Gasteiger partial charge in [0.05, 0.1) is 6.54 Å². The number of hydrogen-bond acceptors (Lipinski definition) is 3. The van der Waals surface area contributed by atoms with E-state index >= 15 is 0 Å². The molecule has 0 aliphatic heterocycles. The Kier molecular flexibility index (Phi) is 8.09. The maximum Gasteiger partial charge on any atom is 0.191 e. The van der Waals surface area contributed by atoms with Crippen LogP contribution < -0.4 is 10.6 Å². The number of benzene rings is 2. The molecule has 1 saturated carbocycles. The monoisotopic (exact) mass is 483 g/mol. The summed E-state index contributed by atoms with van der Waals surface area (Å²) in [6, 6.07) is 17.8. The lowest BCUT2D eigenvalue weighted by Crippen LogP contribution is -2.41. The van der Waals surface area contributed by atoms with Crippen LogP contribution in [0.4, 0.5) is 0 Å². The van der Waals surface area contributed by atoms with Crippen LogP contribution in [0.5, 0.6) is 5.75 Å². The molecular weight excluding hydrogens is 457 g/mol. The summed E-state index contributed by atoms with van der Waals surface area (Å²) in [6.07, 6.45) is 2.47. The third-order valence-electron chi connectivity index (χ3n) is 4.16. The van der Waals surface area contributed by atoms with Gasteiger partial charge in [-0.15, -0.1) is 35.7 Å². The average molecular weight is 483 g/mol. The molecule has 2 aromatic carbocycles. The predicted molar refractivity (Wildman–Crippen MR) is 121 cm³/mol. The molecule has 0 aromatic heterocycles. The van der Waals surface area contributed by atoms with Gasteiger partial charge in [0.2, 0.25) is 0 Å². The second kappa shape index (κ2) is 10.1.